The molecule has 76 valence electrons. The van der Waals surface area contributed by atoms with Crippen molar-refractivity contribution in [3.63, 3.8) is 0 Å². The number of aliphatic hydroxyl groups is 2. The molecular weight excluding hydrogens is 196 g/mol. The van der Waals surface area contributed by atoms with Gasteiger partial charge in [0.15, 0.2) is 6.10 Å². The van der Waals surface area contributed by atoms with Crippen LogP contribution in [-0.4, -0.2) is 40.1 Å². The topological polar surface area (TPSA) is 83.8 Å². The fourth-order valence-electron chi connectivity index (χ4n) is 0.476. The molecule has 0 radical (unpaired) electrons. The summed E-state index contributed by atoms with van der Waals surface area (Å²) in [5.41, 5.74) is 0. The van der Waals surface area contributed by atoms with Crippen LogP contribution in [0.2, 0.25) is 0 Å². The number of hydrogen-bond acceptors (Lipinski definition) is 6. The molecule has 0 heterocycles. The number of thiol groups is 1. The van der Waals surface area contributed by atoms with E-state index in [1.807, 2.05) is 0 Å². The first kappa shape index (κ1) is 12.4. The lowest BCUT2D eigenvalue weighted by atomic mass is 10.3. The van der Waals surface area contributed by atoms with Gasteiger partial charge in [-0.2, -0.15) is 12.6 Å². The molecule has 0 aromatic heterocycles. The molecule has 5 nitrogen and oxygen atoms in total. The van der Waals surface area contributed by atoms with Crippen molar-refractivity contribution >= 4 is 24.6 Å². The molecule has 0 aromatic carbocycles. The predicted molar refractivity (Wildman–Crippen MR) is 47.3 cm³/mol. The third kappa shape index (κ3) is 4.25. The molecule has 0 aliphatic rings. The molecule has 13 heavy (non-hydrogen) atoms. The van der Waals surface area contributed by atoms with Gasteiger partial charge in [-0.25, -0.2) is 4.79 Å². The van der Waals surface area contributed by atoms with E-state index in [0.29, 0.717) is 6.42 Å². The van der Waals surface area contributed by atoms with Crippen LogP contribution in [0.5, 0.6) is 0 Å². The van der Waals surface area contributed by atoms with E-state index in [0.717, 1.165) is 0 Å². The summed E-state index contributed by atoms with van der Waals surface area (Å²) in [6.45, 7) is 0.932. The summed E-state index contributed by atoms with van der Waals surface area (Å²) in [5.74, 6) is -1.97. The van der Waals surface area contributed by atoms with Crippen molar-refractivity contribution in [2.75, 3.05) is 6.61 Å². The normalized spacial score (nSPS) is 14.8. The van der Waals surface area contributed by atoms with Crippen LogP contribution in [0.4, 0.5) is 0 Å². The quantitative estimate of drug-likeness (QED) is 0.317. The van der Waals surface area contributed by atoms with Gasteiger partial charge in [0.2, 0.25) is 0 Å². The SMILES string of the molecule is CCC(S)C(=O)OC(=O)C(O)CO. The number of carbonyl (C=O) groups excluding carboxylic acids is 2. The van der Waals surface area contributed by atoms with E-state index >= 15 is 0 Å². The van der Waals surface area contributed by atoms with Gasteiger partial charge in [0.25, 0.3) is 0 Å². The standard InChI is InChI=1S/C7H12O5S/c1-2-5(13)7(11)12-6(10)4(9)3-8/h4-5,8-9,13H,2-3H2,1H3. The Bertz CT molecular complexity index is 173. The zero-order chi connectivity index (χ0) is 10.4. The Balaban J connectivity index is 3.99. The summed E-state index contributed by atoms with van der Waals surface area (Å²) in [5, 5.41) is 16.4. The Kier molecular flexibility index (Phi) is 5.68. The lowest BCUT2D eigenvalue weighted by molar-refractivity contribution is -0.166. The first-order chi connectivity index (χ1) is 6.02. The van der Waals surface area contributed by atoms with Crippen LogP contribution in [0.25, 0.3) is 0 Å². The highest BCUT2D eigenvalue weighted by Crippen LogP contribution is 2.03. The van der Waals surface area contributed by atoms with Crippen molar-refractivity contribution in [2.45, 2.75) is 24.7 Å². The minimum absolute atomic E-state index is 0.421. The molecule has 0 bridgehead atoms. The molecule has 2 atom stereocenters. The highest BCUT2D eigenvalue weighted by Gasteiger charge is 2.22. The van der Waals surface area contributed by atoms with Crippen molar-refractivity contribution in [2.24, 2.45) is 0 Å². The second-order valence-corrected chi connectivity index (χ2v) is 2.99. The van der Waals surface area contributed by atoms with Gasteiger partial charge in [0.05, 0.1) is 11.9 Å². The summed E-state index contributed by atoms with van der Waals surface area (Å²) < 4.78 is 4.19. The van der Waals surface area contributed by atoms with Gasteiger partial charge in [-0.15, -0.1) is 0 Å². The third-order valence-corrected chi connectivity index (χ3v) is 1.88. The van der Waals surface area contributed by atoms with Crippen molar-refractivity contribution in [1.82, 2.24) is 0 Å². The van der Waals surface area contributed by atoms with Crippen molar-refractivity contribution < 1.29 is 24.5 Å². The molecule has 0 spiro atoms. The average molecular weight is 208 g/mol. The number of carbonyl (C=O) groups is 2. The zero-order valence-electron chi connectivity index (χ0n) is 7.14. The van der Waals surface area contributed by atoms with Crippen molar-refractivity contribution in [3.05, 3.63) is 0 Å². The number of rotatable bonds is 4. The summed E-state index contributed by atoms with van der Waals surface area (Å²) in [4.78, 5) is 21.6. The molecule has 0 aromatic rings. The molecule has 0 saturated carbocycles. The van der Waals surface area contributed by atoms with Gasteiger partial charge < -0.3 is 14.9 Å². The van der Waals surface area contributed by atoms with Crippen LogP contribution in [0.1, 0.15) is 13.3 Å². The van der Waals surface area contributed by atoms with Gasteiger partial charge in [-0.3, -0.25) is 4.79 Å². The summed E-state index contributed by atoms with van der Waals surface area (Å²) >= 11 is 3.83. The Labute approximate surface area is 81.1 Å². The Hall–Kier alpha value is -0.590. The van der Waals surface area contributed by atoms with E-state index in [1.54, 1.807) is 6.92 Å². The minimum Gasteiger partial charge on any atom is -0.393 e. The van der Waals surface area contributed by atoms with Crippen molar-refractivity contribution in [3.8, 4) is 0 Å². The number of aliphatic hydroxyl groups excluding tert-OH is 2. The van der Waals surface area contributed by atoms with Gasteiger partial charge in [0, 0.05) is 0 Å². The Morgan fingerprint density at radius 1 is 1.46 bits per heavy atom. The molecule has 2 unspecified atom stereocenters. The van der Waals surface area contributed by atoms with Crippen LogP contribution < -0.4 is 0 Å². The molecule has 0 rings (SSSR count). The second kappa shape index (κ2) is 5.95. The maximum absolute atomic E-state index is 10.9. The Morgan fingerprint density at radius 2 is 2.00 bits per heavy atom. The molecule has 0 aliphatic carbocycles. The van der Waals surface area contributed by atoms with Crippen LogP contribution in [0.3, 0.4) is 0 Å². The van der Waals surface area contributed by atoms with E-state index in [-0.39, 0.29) is 0 Å². The largest absolute Gasteiger partial charge is 0.393 e. The summed E-state index contributed by atoms with van der Waals surface area (Å²) in [6, 6.07) is 0. The highest BCUT2D eigenvalue weighted by atomic mass is 32.1. The molecule has 0 aliphatic heterocycles. The van der Waals surface area contributed by atoms with E-state index < -0.39 is 29.9 Å². The lowest BCUT2D eigenvalue weighted by Gasteiger charge is -2.08. The Morgan fingerprint density at radius 3 is 2.38 bits per heavy atom. The van der Waals surface area contributed by atoms with Crippen molar-refractivity contribution in [1.29, 1.82) is 0 Å². The highest BCUT2D eigenvalue weighted by molar-refractivity contribution is 7.81. The predicted octanol–water partition coefficient (Wildman–Crippen LogP) is -0.882. The first-order valence-corrected chi connectivity index (χ1v) is 4.27. The number of esters is 2. The summed E-state index contributed by atoms with van der Waals surface area (Å²) in [6.07, 6.45) is -1.24. The van der Waals surface area contributed by atoms with Gasteiger partial charge in [0.1, 0.15) is 0 Å². The monoisotopic (exact) mass is 208 g/mol. The van der Waals surface area contributed by atoms with Crippen LogP contribution in [0.15, 0.2) is 0 Å². The average Bonchev–Trinajstić information content (AvgIpc) is 2.14. The lowest BCUT2D eigenvalue weighted by Crippen LogP contribution is -2.31. The van der Waals surface area contributed by atoms with E-state index in [1.165, 1.54) is 0 Å². The fourth-order valence-corrected chi connectivity index (χ4v) is 0.529. The minimum atomic E-state index is -1.67. The maximum Gasteiger partial charge on any atom is 0.345 e. The zero-order valence-corrected chi connectivity index (χ0v) is 8.03. The smallest absolute Gasteiger partial charge is 0.345 e. The van der Waals surface area contributed by atoms with Crippen LogP contribution in [-0.2, 0) is 14.3 Å². The van der Waals surface area contributed by atoms with Gasteiger partial charge in [-0.05, 0) is 6.42 Å². The number of ether oxygens (including phenoxy) is 1. The molecule has 0 saturated heterocycles. The van der Waals surface area contributed by atoms with E-state index in [9.17, 15) is 9.59 Å². The van der Waals surface area contributed by atoms with E-state index in [2.05, 4.69) is 17.4 Å². The maximum atomic E-state index is 10.9. The molecule has 6 heteroatoms. The second-order valence-electron chi connectivity index (χ2n) is 2.36. The third-order valence-electron chi connectivity index (χ3n) is 1.30. The van der Waals surface area contributed by atoms with Crippen LogP contribution in [0, 0.1) is 0 Å². The van der Waals surface area contributed by atoms with E-state index in [4.69, 9.17) is 10.2 Å². The fraction of sp³-hybridized carbons (Fsp3) is 0.714. The molecular formula is C7H12O5S. The first-order valence-electron chi connectivity index (χ1n) is 3.75. The number of hydrogen-bond donors (Lipinski definition) is 3. The molecule has 2 N–H and O–H groups in total. The molecule has 0 fully saturated rings. The van der Waals surface area contributed by atoms with Gasteiger partial charge in [-0.1, -0.05) is 6.92 Å². The summed E-state index contributed by atoms with van der Waals surface area (Å²) in [7, 11) is 0. The van der Waals surface area contributed by atoms with Gasteiger partial charge >= 0.3 is 11.9 Å². The molecule has 0 amide bonds. The van der Waals surface area contributed by atoms with Crippen LogP contribution >= 0.6 is 12.6 Å².